The minimum absolute atomic E-state index is 0.0363. The summed E-state index contributed by atoms with van der Waals surface area (Å²) in [6, 6.07) is 13.3. The number of likely N-dealkylation sites (N-methyl/N-ethyl adjacent to an activating group) is 1. The van der Waals surface area contributed by atoms with Crippen molar-refractivity contribution in [3.05, 3.63) is 69.6 Å². The molecule has 1 heterocycles. The summed E-state index contributed by atoms with van der Waals surface area (Å²) in [6.45, 7) is 6.83. The Bertz CT molecular complexity index is 1130. The molecule has 10 heteroatoms. The van der Waals surface area contributed by atoms with Crippen molar-refractivity contribution in [1.29, 1.82) is 0 Å². The van der Waals surface area contributed by atoms with Crippen LogP contribution in [0.3, 0.4) is 0 Å². The summed E-state index contributed by atoms with van der Waals surface area (Å²) in [7, 11) is 0. The Hall–Kier alpha value is -3.14. The molecule has 1 saturated heterocycles. The number of nitrogens with one attached hydrogen (secondary N) is 1. The van der Waals surface area contributed by atoms with Crippen molar-refractivity contribution in [2.45, 2.75) is 20.3 Å². The first-order valence-electron chi connectivity index (χ1n) is 11.6. The van der Waals surface area contributed by atoms with Crippen molar-refractivity contribution in [3.63, 3.8) is 0 Å². The monoisotopic (exact) mass is 529 g/mol. The van der Waals surface area contributed by atoms with Crippen LogP contribution in [-0.4, -0.2) is 65.6 Å². The van der Waals surface area contributed by atoms with Gasteiger partial charge in [-0.05, 0) is 72.9 Å². The number of ether oxygens (including phenoxy) is 1. The maximum Gasteiger partial charge on any atom is 0.338 e. The molecule has 0 saturated carbocycles. The molecule has 0 spiro atoms. The largest absolute Gasteiger partial charge is 0.461 e. The van der Waals surface area contributed by atoms with Crippen LogP contribution >= 0.6 is 23.4 Å². The number of carbonyl (C=O) groups is 4. The first-order chi connectivity index (χ1) is 17.3. The first-order valence-corrected chi connectivity index (χ1v) is 12.8. The lowest BCUT2D eigenvalue weighted by Crippen LogP contribution is -2.31. The molecule has 190 valence electrons. The number of nitrogens with zero attached hydrogens (tertiary/aromatic N) is 2. The third-order valence-electron chi connectivity index (χ3n) is 5.54. The molecule has 8 nitrogen and oxygen atoms in total. The quantitative estimate of drug-likeness (QED) is 0.326. The lowest BCUT2D eigenvalue weighted by molar-refractivity contribution is -0.123. The molecule has 36 heavy (non-hydrogen) atoms. The summed E-state index contributed by atoms with van der Waals surface area (Å²) >= 11 is 6.71. The van der Waals surface area contributed by atoms with Gasteiger partial charge in [-0.25, -0.2) is 4.79 Å². The molecule has 1 aliphatic heterocycles. The van der Waals surface area contributed by atoms with E-state index in [1.165, 1.54) is 0 Å². The van der Waals surface area contributed by atoms with Crippen LogP contribution in [0.15, 0.2) is 53.4 Å². The average molecular weight is 530 g/mol. The SMILES string of the molecule is CCN(CC)CCOC(=O)c1ccc(NC(=O)CCN2C(=O)S/C(=C/c3ccc(Cl)cc3)C2=O)cc1. The Morgan fingerprint density at radius 1 is 1.06 bits per heavy atom. The van der Waals surface area contributed by atoms with Crippen molar-refractivity contribution >= 4 is 58.1 Å². The van der Waals surface area contributed by atoms with Crippen molar-refractivity contribution in [1.82, 2.24) is 9.80 Å². The highest BCUT2D eigenvalue weighted by Crippen LogP contribution is 2.32. The minimum Gasteiger partial charge on any atom is -0.461 e. The molecule has 1 N–H and O–H groups in total. The van der Waals surface area contributed by atoms with Crippen LogP contribution in [0.4, 0.5) is 10.5 Å². The summed E-state index contributed by atoms with van der Waals surface area (Å²) in [5, 5.41) is 2.87. The van der Waals surface area contributed by atoms with E-state index in [9.17, 15) is 19.2 Å². The number of thioether (sulfide) groups is 1. The van der Waals surface area contributed by atoms with E-state index in [0.717, 1.165) is 35.3 Å². The molecule has 3 amide bonds. The summed E-state index contributed by atoms with van der Waals surface area (Å²) < 4.78 is 5.30. The van der Waals surface area contributed by atoms with Gasteiger partial charge in [0.1, 0.15) is 6.61 Å². The van der Waals surface area contributed by atoms with Crippen LogP contribution in [-0.2, 0) is 14.3 Å². The van der Waals surface area contributed by atoms with Crippen LogP contribution in [0.25, 0.3) is 6.08 Å². The maximum absolute atomic E-state index is 12.6. The predicted octanol–water partition coefficient (Wildman–Crippen LogP) is 4.90. The number of benzene rings is 2. The second-order valence-electron chi connectivity index (χ2n) is 7.92. The van der Waals surface area contributed by atoms with Gasteiger partial charge in [0.15, 0.2) is 0 Å². The Labute approximate surface area is 219 Å². The molecular formula is C26H28ClN3O5S. The van der Waals surface area contributed by atoms with E-state index in [4.69, 9.17) is 16.3 Å². The number of anilines is 1. The topological polar surface area (TPSA) is 96.0 Å². The fraction of sp³-hybridized carbons (Fsp3) is 0.308. The summed E-state index contributed by atoms with van der Waals surface area (Å²) in [4.78, 5) is 53.0. The molecule has 0 radical (unpaired) electrons. The predicted molar refractivity (Wildman–Crippen MR) is 142 cm³/mol. The lowest BCUT2D eigenvalue weighted by atomic mass is 10.2. The normalized spacial score (nSPS) is 14.6. The van der Waals surface area contributed by atoms with Crippen molar-refractivity contribution in [2.24, 2.45) is 0 Å². The van der Waals surface area contributed by atoms with Crippen LogP contribution in [0.1, 0.15) is 36.2 Å². The molecule has 0 unspecified atom stereocenters. The van der Waals surface area contributed by atoms with Gasteiger partial charge in [0.05, 0.1) is 10.5 Å². The van der Waals surface area contributed by atoms with Crippen LogP contribution < -0.4 is 5.32 Å². The van der Waals surface area contributed by atoms with Crippen LogP contribution in [0.2, 0.25) is 5.02 Å². The lowest BCUT2D eigenvalue weighted by Gasteiger charge is -2.17. The van der Waals surface area contributed by atoms with E-state index in [1.54, 1.807) is 54.6 Å². The van der Waals surface area contributed by atoms with Crippen molar-refractivity contribution in [2.75, 3.05) is 38.1 Å². The summed E-state index contributed by atoms with van der Waals surface area (Å²) in [5.74, 6) is -1.21. The van der Waals surface area contributed by atoms with Crippen molar-refractivity contribution < 1.29 is 23.9 Å². The van der Waals surface area contributed by atoms with Gasteiger partial charge < -0.3 is 15.0 Å². The standard InChI is InChI=1S/C26H28ClN3O5S/c1-3-29(4-2)15-16-35-25(33)19-7-11-21(12-8-19)28-23(31)13-14-30-24(32)22(36-26(30)34)17-18-5-9-20(27)10-6-18/h5-12,17H,3-4,13-16H2,1-2H3,(H,28,31)/b22-17+. The number of rotatable bonds is 11. The average Bonchev–Trinajstić information content (AvgIpc) is 3.14. The van der Waals surface area contributed by atoms with E-state index in [2.05, 4.69) is 24.1 Å². The molecule has 1 aliphatic rings. The second kappa shape index (κ2) is 13.2. The number of amides is 3. The number of hydrogen-bond donors (Lipinski definition) is 1. The second-order valence-corrected chi connectivity index (χ2v) is 9.35. The molecule has 2 aromatic rings. The number of hydrogen-bond acceptors (Lipinski definition) is 7. The third kappa shape index (κ3) is 7.68. The Morgan fingerprint density at radius 2 is 1.72 bits per heavy atom. The maximum atomic E-state index is 12.6. The van der Waals surface area contributed by atoms with Gasteiger partial charge in [-0.15, -0.1) is 0 Å². The number of carbonyl (C=O) groups excluding carboxylic acids is 4. The third-order valence-corrected chi connectivity index (χ3v) is 6.70. The highest BCUT2D eigenvalue weighted by molar-refractivity contribution is 8.18. The molecule has 2 aromatic carbocycles. The van der Waals surface area contributed by atoms with E-state index in [0.29, 0.717) is 34.3 Å². The fourth-order valence-corrected chi connectivity index (χ4v) is 4.41. The van der Waals surface area contributed by atoms with Gasteiger partial charge in [-0.1, -0.05) is 37.6 Å². The molecule has 0 aromatic heterocycles. The van der Waals surface area contributed by atoms with E-state index < -0.39 is 17.1 Å². The van der Waals surface area contributed by atoms with Gasteiger partial charge in [-0.3, -0.25) is 19.3 Å². The van der Waals surface area contributed by atoms with E-state index in [1.807, 2.05) is 0 Å². The molecular weight excluding hydrogens is 502 g/mol. The zero-order valence-electron chi connectivity index (χ0n) is 20.2. The Kier molecular flexibility index (Phi) is 10.1. The first kappa shape index (κ1) is 27.4. The van der Waals surface area contributed by atoms with Crippen LogP contribution in [0, 0.1) is 0 Å². The molecule has 0 aliphatic carbocycles. The summed E-state index contributed by atoms with van der Waals surface area (Å²) in [6.07, 6.45) is 1.57. The number of imide groups is 1. The highest BCUT2D eigenvalue weighted by Gasteiger charge is 2.35. The van der Waals surface area contributed by atoms with Gasteiger partial charge in [0.2, 0.25) is 5.91 Å². The van der Waals surface area contributed by atoms with Gasteiger partial charge in [0, 0.05) is 30.2 Å². The minimum atomic E-state index is -0.434. The zero-order chi connectivity index (χ0) is 26.1. The fourth-order valence-electron chi connectivity index (χ4n) is 3.42. The molecule has 0 bridgehead atoms. The highest BCUT2D eigenvalue weighted by atomic mass is 35.5. The van der Waals surface area contributed by atoms with Gasteiger partial charge in [-0.2, -0.15) is 0 Å². The Balaban J connectivity index is 1.47. The number of halogens is 1. The van der Waals surface area contributed by atoms with Crippen molar-refractivity contribution in [3.8, 4) is 0 Å². The number of esters is 1. The molecule has 1 fully saturated rings. The van der Waals surface area contributed by atoms with E-state index >= 15 is 0 Å². The zero-order valence-corrected chi connectivity index (χ0v) is 21.7. The smallest absolute Gasteiger partial charge is 0.338 e. The molecule has 0 atom stereocenters. The van der Waals surface area contributed by atoms with E-state index in [-0.39, 0.29) is 18.9 Å². The van der Waals surface area contributed by atoms with Crippen LogP contribution in [0.5, 0.6) is 0 Å². The van der Waals surface area contributed by atoms with Gasteiger partial charge in [0.25, 0.3) is 11.1 Å². The van der Waals surface area contributed by atoms with Gasteiger partial charge >= 0.3 is 5.97 Å². The molecule has 3 rings (SSSR count). The Morgan fingerprint density at radius 3 is 2.36 bits per heavy atom. The summed E-state index contributed by atoms with van der Waals surface area (Å²) in [5.41, 5.74) is 1.63.